The van der Waals surface area contributed by atoms with Crippen LogP contribution in [0.25, 0.3) is 50.8 Å². The van der Waals surface area contributed by atoms with Crippen LogP contribution in [0.1, 0.15) is 138 Å². The first-order valence-electron chi connectivity index (χ1n) is 20.9. The molecule has 12 rings (SSSR count). The van der Waals surface area contributed by atoms with Gasteiger partial charge in [-0.2, -0.15) is 10.5 Å². The summed E-state index contributed by atoms with van der Waals surface area (Å²) in [5, 5.41) is 19.2. The van der Waals surface area contributed by atoms with Gasteiger partial charge in [0.05, 0.1) is 64.3 Å². The summed E-state index contributed by atoms with van der Waals surface area (Å²) >= 11 is 6.51. The van der Waals surface area contributed by atoms with E-state index in [0.717, 1.165) is 95.2 Å². The van der Waals surface area contributed by atoms with E-state index in [1.165, 1.54) is 67.5 Å². The highest BCUT2D eigenvalue weighted by Gasteiger charge is 2.51. The molecule has 0 amide bonds. The number of hydrogen-bond acceptors (Lipinski definition) is 12. The van der Waals surface area contributed by atoms with Gasteiger partial charge in [-0.15, -0.1) is 45.3 Å². The van der Waals surface area contributed by atoms with Gasteiger partial charge in [0.2, 0.25) is 0 Å². The Hall–Kier alpha value is -6.78. The van der Waals surface area contributed by atoms with Crippen LogP contribution in [0.2, 0.25) is 0 Å². The minimum absolute atomic E-state index is 0.00534. The van der Waals surface area contributed by atoms with Gasteiger partial charge in [0.15, 0.2) is 34.5 Å². The molecular formula is C50H28N4O6S4. The Kier molecular flexibility index (Phi) is 8.41. The summed E-state index contributed by atoms with van der Waals surface area (Å²) < 4.78 is 16.7. The summed E-state index contributed by atoms with van der Waals surface area (Å²) in [6.45, 7) is 15.0. The monoisotopic (exact) mass is 908 g/mol. The molecule has 0 radical (unpaired) electrons. The van der Waals surface area contributed by atoms with Crippen LogP contribution in [-0.4, -0.2) is 23.1 Å². The lowest BCUT2D eigenvalue weighted by atomic mass is 9.76. The third kappa shape index (κ3) is 5.29. The fraction of sp³-hybridized carbons (Fsp3) is 0.240. The van der Waals surface area contributed by atoms with E-state index in [9.17, 15) is 29.7 Å². The van der Waals surface area contributed by atoms with Crippen molar-refractivity contribution in [1.82, 2.24) is 0 Å². The Bertz CT molecular complexity index is 3160. The highest BCUT2D eigenvalue weighted by atomic mass is 32.1. The van der Waals surface area contributed by atoms with Gasteiger partial charge in [0, 0.05) is 43.1 Å². The number of ketones is 4. The summed E-state index contributed by atoms with van der Waals surface area (Å²) in [5.41, 5.74) is 2.01. The molecule has 10 nitrogen and oxygen atoms in total. The maximum absolute atomic E-state index is 13.7. The zero-order chi connectivity index (χ0) is 43.8. The molecule has 2 aliphatic heterocycles. The van der Waals surface area contributed by atoms with Crippen LogP contribution < -0.4 is 9.47 Å². The molecule has 6 heterocycles. The lowest BCUT2D eigenvalue weighted by Gasteiger charge is -2.41. The highest BCUT2D eigenvalue weighted by Crippen LogP contribution is 2.66. The lowest BCUT2D eigenvalue weighted by molar-refractivity contribution is 0.0257. The number of nitrogens with zero attached hydrogens (tertiary/aromatic N) is 4. The predicted octanol–water partition coefficient (Wildman–Crippen LogP) is 13.3. The molecule has 0 saturated heterocycles. The summed E-state index contributed by atoms with van der Waals surface area (Å²) in [4.78, 5) is 67.1. The van der Waals surface area contributed by atoms with Crippen molar-refractivity contribution in [1.29, 1.82) is 10.5 Å². The largest absolute Gasteiger partial charge is 0.481 e. The highest BCUT2D eigenvalue weighted by molar-refractivity contribution is 7.34. The molecule has 0 N–H and O–H groups in total. The summed E-state index contributed by atoms with van der Waals surface area (Å²) in [6.07, 6.45) is 12.9. The maximum atomic E-state index is 13.7. The van der Waals surface area contributed by atoms with Gasteiger partial charge in [-0.3, -0.25) is 28.9 Å². The number of carbonyl (C=O) groups is 4. The topological polar surface area (TPSA) is 143 Å². The van der Waals surface area contributed by atoms with Gasteiger partial charge >= 0.3 is 0 Å². The molecule has 4 aromatic heterocycles. The van der Waals surface area contributed by atoms with Crippen molar-refractivity contribution in [2.75, 3.05) is 0 Å². The van der Waals surface area contributed by atoms with E-state index in [0.29, 0.717) is 9.75 Å². The number of ether oxygens (including phenoxy) is 2. The minimum atomic E-state index is -0.568. The van der Waals surface area contributed by atoms with Gasteiger partial charge in [-0.1, -0.05) is 25.0 Å². The third-order valence-electron chi connectivity index (χ3n) is 13.5. The second-order valence-corrected chi connectivity index (χ2v) is 21.2. The van der Waals surface area contributed by atoms with Crippen molar-refractivity contribution < 1.29 is 28.7 Å². The van der Waals surface area contributed by atoms with Crippen LogP contribution in [-0.2, 0) is 11.2 Å². The standard InChI is InChI=1S/C50H28N4O6S4/c1-53-33-19-29-30(20-34(33)54-2)42(58)32(41(29)57)16-26-18-36-44(62-26)46-38(50(60-36)11-7-4-8-12-50)48-47(64-46)37-45(63-48)43-35(59-49(37)9-5-3-6-10-49)17-25(61-43)15-31-39(55)27-13-23(21-51)24(22-52)14-28(27)40(31)56/h13-20H,3-12H2. The van der Waals surface area contributed by atoms with Gasteiger partial charge < -0.3 is 9.47 Å². The fourth-order valence-electron chi connectivity index (χ4n) is 10.6. The number of Topliss-reactive ketones (excluding diaryl/α,β-unsaturated/α-hetero) is 4. The molecule has 14 heteroatoms. The Labute approximate surface area is 381 Å². The zero-order valence-electron chi connectivity index (χ0n) is 33.6. The average molecular weight is 909 g/mol. The molecule has 2 spiro atoms. The van der Waals surface area contributed by atoms with Crippen molar-refractivity contribution in [2.45, 2.75) is 75.4 Å². The molecule has 6 aliphatic rings. The Morgan fingerprint density at radius 3 is 1.27 bits per heavy atom. The number of carbonyl (C=O) groups excluding carboxylic acids is 4. The van der Waals surface area contributed by atoms with E-state index < -0.39 is 34.3 Å². The second-order valence-electron chi connectivity index (χ2n) is 17.0. The Balaban J connectivity index is 0.986. The normalized spacial score (nSPS) is 18.2. The predicted molar refractivity (Wildman–Crippen MR) is 245 cm³/mol. The molecule has 2 fully saturated rings. The number of allylic oxidation sites excluding steroid dienone is 2. The maximum Gasteiger partial charge on any atom is 0.197 e. The number of rotatable bonds is 2. The van der Waals surface area contributed by atoms with Crippen LogP contribution in [0.15, 0.2) is 47.5 Å². The molecule has 0 atom stereocenters. The van der Waals surface area contributed by atoms with E-state index in [1.54, 1.807) is 34.8 Å². The molecule has 4 aliphatic carbocycles. The van der Waals surface area contributed by atoms with Gasteiger partial charge in [0.1, 0.15) is 34.8 Å². The van der Waals surface area contributed by atoms with E-state index in [1.807, 2.05) is 24.3 Å². The van der Waals surface area contributed by atoms with Crippen molar-refractivity contribution in [3.63, 3.8) is 0 Å². The van der Waals surface area contributed by atoms with Gasteiger partial charge in [0.25, 0.3) is 0 Å². The van der Waals surface area contributed by atoms with E-state index in [2.05, 4.69) is 9.69 Å². The minimum Gasteiger partial charge on any atom is -0.481 e. The van der Waals surface area contributed by atoms with E-state index in [4.69, 9.17) is 22.6 Å². The molecule has 6 aromatic rings. The molecule has 0 unspecified atom stereocenters. The van der Waals surface area contributed by atoms with Crippen LogP contribution >= 0.6 is 45.3 Å². The van der Waals surface area contributed by atoms with Gasteiger partial charge in [-0.05, 0) is 87.8 Å². The quantitative estimate of drug-likeness (QED) is 0.0949. The van der Waals surface area contributed by atoms with Crippen LogP contribution in [0.5, 0.6) is 11.5 Å². The molecule has 2 saturated carbocycles. The first-order chi connectivity index (χ1) is 31.1. The van der Waals surface area contributed by atoms with Crippen molar-refractivity contribution >= 4 is 101 Å². The van der Waals surface area contributed by atoms with Crippen LogP contribution in [0.3, 0.4) is 0 Å². The number of nitriles is 2. The van der Waals surface area contributed by atoms with Gasteiger partial charge in [-0.25, -0.2) is 0 Å². The lowest BCUT2D eigenvalue weighted by Crippen LogP contribution is -2.37. The molecule has 308 valence electrons. The summed E-state index contributed by atoms with van der Waals surface area (Å²) in [7, 11) is 0. The average Bonchev–Trinajstić information content (AvgIpc) is 4.15. The molecular weight excluding hydrogens is 881 g/mol. The number of benzene rings is 2. The van der Waals surface area contributed by atoms with E-state index in [-0.39, 0.29) is 55.9 Å². The number of fused-ring (bicyclic) bond motifs is 13. The number of hydrogen-bond donors (Lipinski definition) is 0. The first kappa shape index (κ1) is 38.9. The Morgan fingerprint density at radius 1 is 0.531 bits per heavy atom. The summed E-state index contributed by atoms with van der Waals surface area (Å²) in [6, 6.07) is 13.2. The molecule has 0 bridgehead atoms. The first-order valence-corrected chi connectivity index (χ1v) is 24.2. The Morgan fingerprint density at radius 2 is 0.906 bits per heavy atom. The summed E-state index contributed by atoms with van der Waals surface area (Å²) in [5.74, 6) is -0.380. The molecule has 64 heavy (non-hydrogen) atoms. The van der Waals surface area contributed by atoms with Crippen LogP contribution in [0.4, 0.5) is 11.4 Å². The van der Waals surface area contributed by atoms with Crippen molar-refractivity contribution in [2.24, 2.45) is 0 Å². The van der Waals surface area contributed by atoms with Crippen LogP contribution in [0, 0.1) is 35.8 Å². The fourth-order valence-corrected chi connectivity index (χ4v) is 16.1. The van der Waals surface area contributed by atoms with Crippen molar-refractivity contribution in [3.05, 3.63) is 125 Å². The SMILES string of the molecule is [C-]#[N+]c1cc2c(cc1[N+]#[C-])C(=O)C(=Cc1cc3c(s1)-c1sc4c5c(sc4c1C1(CCCCC1)O3)-c1sc(C=C3C(=O)c4cc(C#N)c(C#N)cc4C3=O)cc1OC51CCCCC1)C2=O. The second kappa shape index (κ2) is 13.9. The third-order valence-corrected chi connectivity index (χ3v) is 18.5. The molecule has 2 aromatic carbocycles. The number of thiophene rings is 4. The smallest absolute Gasteiger partial charge is 0.197 e. The van der Waals surface area contributed by atoms with Crippen molar-refractivity contribution in [3.8, 4) is 43.1 Å². The van der Waals surface area contributed by atoms with E-state index >= 15 is 0 Å². The zero-order valence-corrected chi connectivity index (χ0v) is 36.8.